The molecule has 19 heavy (non-hydrogen) atoms. The van der Waals surface area contributed by atoms with Crippen LogP contribution in [0.2, 0.25) is 0 Å². The van der Waals surface area contributed by atoms with Gasteiger partial charge in [0.05, 0.1) is 31.1 Å². The minimum Gasteiger partial charge on any atom is -0.379 e. The molecule has 2 aliphatic heterocycles. The molecule has 1 aromatic carbocycles. The second-order valence-corrected chi connectivity index (χ2v) is 4.87. The zero-order valence-corrected chi connectivity index (χ0v) is 11.0. The number of fused-ring (bicyclic) bond motifs is 1. The SMILES string of the molecule is O=C1CNc2ccccc2N1CCN1CCOCC1. The highest BCUT2D eigenvalue weighted by Crippen LogP contribution is 2.28. The highest BCUT2D eigenvalue weighted by molar-refractivity contribution is 6.02. The number of rotatable bonds is 3. The van der Waals surface area contributed by atoms with Crippen molar-refractivity contribution in [2.75, 3.05) is 56.2 Å². The standard InChI is InChI=1S/C14H19N3O2/c18-14-11-15-12-3-1-2-4-13(12)17(14)6-5-16-7-9-19-10-8-16/h1-4,15H,5-11H2. The summed E-state index contributed by atoms with van der Waals surface area (Å²) < 4.78 is 5.34. The fourth-order valence-electron chi connectivity index (χ4n) is 2.57. The maximum atomic E-state index is 12.0. The lowest BCUT2D eigenvalue weighted by Crippen LogP contribution is -2.46. The third kappa shape index (κ3) is 2.72. The van der Waals surface area contributed by atoms with Gasteiger partial charge in [-0.25, -0.2) is 0 Å². The van der Waals surface area contributed by atoms with E-state index in [0.29, 0.717) is 6.54 Å². The largest absolute Gasteiger partial charge is 0.379 e. The summed E-state index contributed by atoms with van der Waals surface area (Å²) in [4.78, 5) is 16.3. The lowest BCUT2D eigenvalue weighted by molar-refractivity contribution is -0.117. The molecule has 0 spiro atoms. The maximum absolute atomic E-state index is 12.0. The second kappa shape index (κ2) is 5.59. The van der Waals surface area contributed by atoms with Crippen LogP contribution in [-0.2, 0) is 9.53 Å². The zero-order chi connectivity index (χ0) is 13.1. The summed E-state index contributed by atoms with van der Waals surface area (Å²) in [5.74, 6) is 0.145. The Labute approximate surface area is 113 Å². The third-order valence-corrected chi connectivity index (χ3v) is 3.67. The summed E-state index contributed by atoms with van der Waals surface area (Å²) in [6.45, 7) is 5.56. The number of nitrogens with one attached hydrogen (secondary N) is 1. The van der Waals surface area contributed by atoms with Crippen molar-refractivity contribution in [3.63, 3.8) is 0 Å². The van der Waals surface area contributed by atoms with Gasteiger partial charge in [0, 0.05) is 26.2 Å². The van der Waals surface area contributed by atoms with Crippen LogP contribution in [0.25, 0.3) is 0 Å². The molecule has 1 fully saturated rings. The number of amides is 1. The van der Waals surface area contributed by atoms with Crippen molar-refractivity contribution < 1.29 is 9.53 Å². The van der Waals surface area contributed by atoms with Crippen molar-refractivity contribution in [3.05, 3.63) is 24.3 Å². The molecule has 1 N–H and O–H groups in total. The first-order valence-electron chi connectivity index (χ1n) is 6.78. The highest BCUT2D eigenvalue weighted by atomic mass is 16.5. The molecule has 0 unspecified atom stereocenters. The van der Waals surface area contributed by atoms with Crippen LogP contribution < -0.4 is 10.2 Å². The number of para-hydroxylation sites is 2. The maximum Gasteiger partial charge on any atom is 0.246 e. The molecule has 0 saturated carbocycles. The smallest absolute Gasteiger partial charge is 0.246 e. The number of morpholine rings is 1. The van der Waals surface area contributed by atoms with Crippen LogP contribution in [0, 0.1) is 0 Å². The average Bonchev–Trinajstić information content (AvgIpc) is 2.47. The summed E-state index contributed by atoms with van der Waals surface area (Å²) in [5.41, 5.74) is 2.04. The fraction of sp³-hybridized carbons (Fsp3) is 0.500. The number of benzene rings is 1. The van der Waals surface area contributed by atoms with Gasteiger partial charge < -0.3 is 15.0 Å². The Morgan fingerprint density at radius 3 is 2.79 bits per heavy atom. The molecule has 3 rings (SSSR count). The van der Waals surface area contributed by atoms with Crippen LogP contribution >= 0.6 is 0 Å². The minimum absolute atomic E-state index is 0.145. The molecule has 2 aliphatic rings. The van der Waals surface area contributed by atoms with E-state index in [-0.39, 0.29) is 5.91 Å². The molecule has 0 radical (unpaired) electrons. The van der Waals surface area contributed by atoms with Gasteiger partial charge in [-0.05, 0) is 12.1 Å². The Bertz CT molecular complexity index is 458. The Hall–Kier alpha value is -1.59. The van der Waals surface area contributed by atoms with Gasteiger partial charge in [-0.15, -0.1) is 0 Å². The van der Waals surface area contributed by atoms with E-state index in [9.17, 15) is 4.79 Å². The monoisotopic (exact) mass is 261 g/mol. The molecule has 2 heterocycles. The molecular weight excluding hydrogens is 242 g/mol. The predicted molar refractivity (Wildman–Crippen MR) is 74.5 cm³/mol. The van der Waals surface area contributed by atoms with Gasteiger partial charge in [-0.3, -0.25) is 9.69 Å². The molecule has 1 saturated heterocycles. The van der Waals surface area contributed by atoms with Crippen molar-refractivity contribution >= 4 is 17.3 Å². The van der Waals surface area contributed by atoms with E-state index < -0.39 is 0 Å². The van der Waals surface area contributed by atoms with Crippen LogP contribution in [-0.4, -0.2) is 56.7 Å². The summed E-state index contributed by atoms with van der Waals surface area (Å²) in [6.07, 6.45) is 0. The molecule has 0 bridgehead atoms. The predicted octanol–water partition coefficient (Wildman–Crippen LogP) is 0.777. The van der Waals surface area contributed by atoms with Gasteiger partial charge in [0.2, 0.25) is 5.91 Å². The second-order valence-electron chi connectivity index (χ2n) is 4.87. The first kappa shape index (κ1) is 12.4. The number of ether oxygens (including phenoxy) is 1. The van der Waals surface area contributed by atoms with Gasteiger partial charge >= 0.3 is 0 Å². The van der Waals surface area contributed by atoms with Crippen LogP contribution in [0.15, 0.2) is 24.3 Å². The van der Waals surface area contributed by atoms with Crippen LogP contribution in [0.3, 0.4) is 0 Å². The summed E-state index contributed by atoms with van der Waals surface area (Å²) in [6, 6.07) is 7.98. The van der Waals surface area contributed by atoms with Gasteiger partial charge in [-0.2, -0.15) is 0 Å². The van der Waals surface area contributed by atoms with Crippen molar-refractivity contribution in [3.8, 4) is 0 Å². The first-order valence-corrected chi connectivity index (χ1v) is 6.78. The number of carbonyl (C=O) groups excluding carboxylic acids is 1. The molecule has 1 aromatic rings. The van der Waals surface area contributed by atoms with E-state index in [4.69, 9.17) is 4.74 Å². The molecule has 1 amide bonds. The van der Waals surface area contributed by atoms with Crippen LogP contribution in [0.4, 0.5) is 11.4 Å². The first-order chi connectivity index (χ1) is 9.34. The summed E-state index contributed by atoms with van der Waals surface area (Å²) >= 11 is 0. The fourth-order valence-corrected chi connectivity index (χ4v) is 2.57. The van der Waals surface area contributed by atoms with E-state index in [1.807, 2.05) is 29.2 Å². The van der Waals surface area contributed by atoms with E-state index in [0.717, 1.165) is 50.8 Å². The zero-order valence-electron chi connectivity index (χ0n) is 11.0. The molecule has 5 heteroatoms. The quantitative estimate of drug-likeness (QED) is 0.873. The van der Waals surface area contributed by atoms with Gasteiger partial charge in [0.15, 0.2) is 0 Å². The minimum atomic E-state index is 0.145. The number of hydrogen-bond donors (Lipinski definition) is 1. The van der Waals surface area contributed by atoms with Gasteiger partial charge in [0.25, 0.3) is 0 Å². The Kier molecular flexibility index (Phi) is 3.66. The lowest BCUT2D eigenvalue weighted by Gasteiger charge is -2.33. The topological polar surface area (TPSA) is 44.8 Å². The van der Waals surface area contributed by atoms with E-state index in [1.165, 1.54) is 0 Å². The van der Waals surface area contributed by atoms with Crippen LogP contribution in [0.1, 0.15) is 0 Å². The van der Waals surface area contributed by atoms with E-state index in [1.54, 1.807) is 0 Å². The Balaban J connectivity index is 1.67. The molecule has 5 nitrogen and oxygen atoms in total. The van der Waals surface area contributed by atoms with Crippen LogP contribution in [0.5, 0.6) is 0 Å². The normalized spacial score (nSPS) is 20.0. The Morgan fingerprint density at radius 2 is 1.95 bits per heavy atom. The van der Waals surface area contributed by atoms with Gasteiger partial charge in [-0.1, -0.05) is 12.1 Å². The molecular formula is C14H19N3O2. The van der Waals surface area contributed by atoms with Crippen molar-refractivity contribution in [1.82, 2.24) is 4.90 Å². The molecule has 0 aliphatic carbocycles. The van der Waals surface area contributed by atoms with Crippen molar-refractivity contribution in [1.29, 1.82) is 0 Å². The number of anilines is 2. The number of hydrogen-bond acceptors (Lipinski definition) is 4. The summed E-state index contributed by atoms with van der Waals surface area (Å²) in [5, 5.41) is 3.16. The van der Waals surface area contributed by atoms with Crippen molar-refractivity contribution in [2.45, 2.75) is 0 Å². The number of nitrogens with zero attached hydrogens (tertiary/aromatic N) is 2. The third-order valence-electron chi connectivity index (χ3n) is 3.67. The van der Waals surface area contributed by atoms with Gasteiger partial charge in [0.1, 0.15) is 0 Å². The van der Waals surface area contributed by atoms with E-state index >= 15 is 0 Å². The average molecular weight is 261 g/mol. The molecule has 0 atom stereocenters. The van der Waals surface area contributed by atoms with Crippen molar-refractivity contribution in [2.24, 2.45) is 0 Å². The highest BCUT2D eigenvalue weighted by Gasteiger charge is 2.23. The van der Waals surface area contributed by atoms with E-state index in [2.05, 4.69) is 10.2 Å². The summed E-state index contributed by atoms with van der Waals surface area (Å²) in [7, 11) is 0. The molecule has 0 aromatic heterocycles. The Morgan fingerprint density at radius 1 is 1.16 bits per heavy atom. The number of carbonyl (C=O) groups is 1. The molecule has 102 valence electrons. The lowest BCUT2D eigenvalue weighted by atomic mass is 10.2.